The van der Waals surface area contributed by atoms with E-state index in [9.17, 15) is 4.79 Å². The van der Waals surface area contributed by atoms with E-state index in [1.54, 1.807) is 12.1 Å². The lowest BCUT2D eigenvalue weighted by Gasteiger charge is -2.27. The summed E-state index contributed by atoms with van der Waals surface area (Å²) in [6.07, 6.45) is 2.80. The molecular weight excluding hydrogens is 240 g/mol. The zero-order valence-corrected chi connectivity index (χ0v) is 12.3. The third-order valence-electron chi connectivity index (χ3n) is 3.43. The number of hydrogen-bond acceptors (Lipinski definition) is 4. The molecule has 5 nitrogen and oxygen atoms in total. The fourth-order valence-electron chi connectivity index (χ4n) is 1.57. The molecule has 1 rings (SSSR count). The van der Waals surface area contributed by atoms with E-state index < -0.39 is 0 Å². The van der Waals surface area contributed by atoms with Gasteiger partial charge in [-0.1, -0.05) is 20.8 Å². The minimum Gasteiger partial charge on any atom is -0.369 e. The highest BCUT2D eigenvalue weighted by Crippen LogP contribution is 2.14. The van der Waals surface area contributed by atoms with E-state index in [1.807, 2.05) is 6.92 Å². The van der Waals surface area contributed by atoms with Gasteiger partial charge in [-0.15, -0.1) is 10.2 Å². The first-order valence-electron chi connectivity index (χ1n) is 6.94. The van der Waals surface area contributed by atoms with Gasteiger partial charge in [0.25, 0.3) is 5.91 Å². The van der Waals surface area contributed by atoms with Gasteiger partial charge in [0.1, 0.15) is 5.82 Å². The number of amides is 1. The molecule has 5 heteroatoms. The van der Waals surface area contributed by atoms with Gasteiger partial charge in [0.2, 0.25) is 0 Å². The van der Waals surface area contributed by atoms with Crippen LogP contribution in [0.2, 0.25) is 0 Å². The van der Waals surface area contributed by atoms with Crippen molar-refractivity contribution < 1.29 is 4.79 Å². The normalized spacial score (nSPS) is 11.2. The van der Waals surface area contributed by atoms with Gasteiger partial charge in [0.05, 0.1) is 0 Å². The van der Waals surface area contributed by atoms with Crippen LogP contribution in [0.15, 0.2) is 12.1 Å². The van der Waals surface area contributed by atoms with Crippen LogP contribution in [0, 0.1) is 0 Å². The summed E-state index contributed by atoms with van der Waals surface area (Å²) in [6, 6.07) is 3.48. The third-order valence-corrected chi connectivity index (χ3v) is 3.43. The Balaban J connectivity index is 2.67. The molecule has 0 fully saturated rings. The molecular formula is C14H24N4O. The van der Waals surface area contributed by atoms with Crippen LogP contribution in [0.5, 0.6) is 0 Å². The number of anilines is 1. The Morgan fingerprint density at radius 2 is 1.89 bits per heavy atom. The first-order valence-corrected chi connectivity index (χ1v) is 6.94. The molecule has 0 unspecified atom stereocenters. The molecule has 1 amide bonds. The second kappa shape index (κ2) is 7.07. The van der Waals surface area contributed by atoms with Gasteiger partial charge in [-0.2, -0.15) is 0 Å². The molecule has 0 aliphatic carbocycles. The van der Waals surface area contributed by atoms with Crippen molar-refractivity contribution in [3.63, 3.8) is 0 Å². The van der Waals surface area contributed by atoms with Crippen LogP contribution in [0.4, 0.5) is 5.82 Å². The molecule has 0 aromatic carbocycles. The summed E-state index contributed by atoms with van der Waals surface area (Å²) in [4.78, 5) is 12.1. The van der Waals surface area contributed by atoms with Gasteiger partial charge in [-0.05, 0) is 38.3 Å². The van der Waals surface area contributed by atoms with Gasteiger partial charge < -0.3 is 10.6 Å². The summed E-state index contributed by atoms with van der Waals surface area (Å²) in [5, 5.41) is 14.1. The summed E-state index contributed by atoms with van der Waals surface area (Å²) in [7, 11) is 0. The smallest absolute Gasteiger partial charge is 0.272 e. The lowest BCUT2D eigenvalue weighted by molar-refractivity contribution is 0.0895. The van der Waals surface area contributed by atoms with Crippen molar-refractivity contribution in [2.24, 2.45) is 0 Å². The summed E-state index contributed by atoms with van der Waals surface area (Å²) in [5.41, 5.74) is 0.174. The molecule has 0 bridgehead atoms. The average Bonchev–Trinajstić information content (AvgIpc) is 2.45. The van der Waals surface area contributed by atoms with Crippen LogP contribution in [-0.2, 0) is 0 Å². The Hall–Kier alpha value is -1.65. The van der Waals surface area contributed by atoms with Gasteiger partial charge >= 0.3 is 0 Å². The van der Waals surface area contributed by atoms with E-state index in [4.69, 9.17) is 0 Å². The molecule has 0 saturated carbocycles. The molecule has 0 aliphatic rings. The zero-order valence-electron chi connectivity index (χ0n) is 12.3. The van der Waals surface area contributed by atoms with Gasteiger partial charge in [-0.25, -0.2) is 0 Å². The highest BCUT2D eigenvalue weighted by atomic mass is 16.2. The monoisotopic (exact) mass is 264 g/mol. The van der Waals surface area contributed by atoms with Gasteiger partial charge in [0, 0.05) is 12.1 Å². The number of carbonyl (C=O) groups excluding carboxylic acids is 1. The quantitative estimate of drug-likeness (QED) is 0.794. The Morgan fingerprint density at radius 3 is 2.37 bits per heavy atom. The first kappa shape index (κ1) is 15.4. The maximum absolute atomic E-state index is 12.1. The van der Waals surface area contributed by atoms with Crippen molar-refractivity contribution in [2.45, 2.75) is 52.5 Å². The van der Waals surface area contributed by atoms with Crippen molar-refractivity contribution >= 4 is 11.7 Å². The number of rotatable bonds is 7. The van der Waals surface area contributed by atoms with Crippen molar-refractivity contribution in [1.82, 2.24) is 15.5 Å². The summed E-state index contributed by atoms with van der Waals surface area (Å²) >= 11 is 0. The lowest BCUT2D eigenvalue weighted by Crippen LogP contribution is -2.45. The maximum atomic E-state index is 12.1. The molecule has 0 saturated heterocycles. The van der Waals surface area contributed by atoms with E-state index in [0.29, 0.717) is 11.5 Å². The van der Waals surface area contributed by atoms with Crippen molar-refractivity contribution in [1.29, 1.82) is 0 Å². The second-order valence-electron chi connectivity index (χ2n) is 4.95. The topological polar surface area (TPSA) is 66.9 Å². The molecule has 2 N–H and O–H groups in total. The van der Waals surface area contributed by atoms with Crippen molar-refractivity contribution in [3.8, 4) is 0 Å². The van der Waals surface area contributed by atoms with E-state index in [1.165, 1.54) is 0 Å². The molecule has 0 radical (unpaired) electrons. The van der Waals surface area contributed by atoms with E-state index in [2.05, 4.69) is 41.6 Å². The number of hydrogen-bond donors (Lipinski definition) is 2. The maximum Gasteiger partial charge on any atom is 0.272 e. The first-order chi connectivity index (χ1) is 9.04. The molecule has 0 aliphatic heterocycles. The number of carbonyl (C=O) groups is 1. The summed E-state index contributed by atoms with van der Waals surface area (Å²) in [5.74, 6) is 0.535. The van der Waals surface area contributed by atoms with Crippen molar-refractivity contribution in [3.05, 3.63) is 17.8 Å². The number of aromatic nitrogens is 2. The summed E-state index contributed by atoms with van der Waals surface area (Å²) < 4.78 is 0. The summed E-state index contributed by atoms with van der Waals surface area (Å²) in [6.45, 7) is 9.10. The number of nitrogens with zero attached hydrogens (tertiary/aromatic N) is 2. The van der Waals surface area contributed by atoms with Gasteiger partial charge in [0.15, 0.2) is 5.69 Å². The fourth-order valence-corrected chi connectivity index (χ4v) is 1.57. The standard InChI is InChI=1S/C14H24N4O/c1-5-10-15-12-9-8-11(17-18-12)13(19)16-14(4,6-2)7-3/h8-9H,5-7,10H2,1-4H3,(H,15,18)(H,16,19). The Kier molecular flexibility index (Phi) is 5.73. The van der Waals surface area contributed by atoms with E-state index in [0.717, 1.165) is 25.8 Å². The Bertz CT molecular complexity index is 398. The SMILES string of the molecule is CCCNc1ccc(C(=O)NC(C)(CC)CC)nn1. The predicted octanol–water partition coefficient (Wildman–Crippen LogP) is 2.61. The lowest BCUT2D eigenvalue weighted by atomic mass is 9.95. The Labute approximate surface area is 115 Å². The minimum absolute atomic E-state index is 0.166. The zero-order chi connectivity index (χ0) is 14.3. The molecule has 1 aromatic heterocycles. The molecule has 0 atom stereocenters. The van der Waals surface area contributed by atoms with Gasteiger partial charge in [-0.3, -0.25) is 4.79 Å². The Morgan fingerprint density at radius 1 is 1.21 bits per heavy atom. The van der Waals surface area contributed by atoms with Crippen LogP contribution in [0.1, 0.15) is 57.4 Å². The van der Waals surface area contributed by atoms with Crippen molar-refractivity contribution in [2.75, 3.05) is 11.9 Å². The molecule has 0 spiro atoms. The molecule has 1 heterocycles. The highest BCUT2D eigenvalue weighted by Gasteiger charge is 2.23. The van der Waals surface area contributed by atoms with E-state index >= 15 is 0 Å². The number of nitrogens with one attached hydrogen (secondary N) is 2. The predicted molar refractivity (Wildman–Crippen MR) is 77.3 cm³/mol. The highest BCUT2D eigenvalue weighted by molar-refractivity contribution is 5.92. The largest absolute Gasteiger partial charge is 0.369 e. The average molecular weight is 264 g/mol. The molecule has 1 aromatic rings. The van der Waals surface area contributed by atoms with Crippen LogP contribution < -0.4 is 10.6 Å². The van der Waals surface area contributed by atoms with Crippen LogP contribution in [0.3, 0.4) is 0 Å². The second-order valence-corrected chi connectivity index (χ2v) is 4.95. The minimum atomic E-state index is -0.183. The van der Waals surface area contributed by atoms with Crippen LogP contribution in [-0.4, -0.2) is 28.2 Å². The third kappa shape index (κ3) is 4.50. The van der Waals surface area contributed by atoms with Crippen LogP contribution >= 0.6 is 0 Å². The molecule has 106 valence electrons. The van der Waals surface area contributed by atoms with Crippen LogP contribution in [0.25, 0.3) is 0 Å². The molecule has 19 heavy (non-hydrogen) atoms. The van der Waals surface area contributed by atoms with E-state index in [-0.39, 0.29) is 11.4 Å². The fraction of sp³-hybridized carbons (Fsp3) is 0.643.